The number of nitro groups is 2. The van der Waals surface area contributed by atoms with Crippen LogP contribution in [0.4, 0.5) is 11.4 Å². The maximum atomic E-state index is 13.5. The molecule has 0 N–H and O–H groups in total. The summed E-state index contributed by atoms with van der Waals surface area (Å²) < 4.78 is 15.9. The zero-order valence-electron chi connectivity index (χ0n) is 20.9. The highest BCUT2D eigenvalue weighted by molar-refractivity contribution is 6.00. The highest BCUT2D eigenvalue weighted by Gasteiger charge is 2.33. The van der Waals surface area contributed by atoms with Crippen LogP contribution in [-0.2, 0) is 22.6 Å². The number of likely N-dealkylation sites (N-methyl/N-ethyl adjacent to an activating group) is 1. The summed E-state index contributed by atoms with van der Waals surface area (Å²) in [5.74, 6) is -1.44. The number of ether oxygens (including phenoxy) is 3. The Morgan fingerprint density at radius 2 is 1.55 bits per heavy atom. The zero-order valence-corrected chi connectivity index (χ0v) is 20.9. The number of esters is 1. The van der Waals surface area contributed by atoms with Crippen molar-refractivity contribution in [2.24, 2.45) is 0 Å². The van der Waals surface area contributed by atoms with Gasteiger partial charge in [-0.25, -0.2) is 4.79 Å². The number of nitro benzene ring substituents is 2. The quantitative estimate of drug-likeness (QED) is 0.207. The van der Waals surface area contributed by atoms with Crippen molar-refractivity contribution in [3.63, 3.8) is 0 Å². The van der Waals surface area contributed by atoms with Crippen LogP contribution in [0.2, 0.25) is 0 Å². The maximum Gasteiger partial charge on any atom is 0.328 e. The van der Waals surface area contributed by atoms with Gasteiger partial charge in [0.1, 0.15) is 18.2 Å². The van der Waals surface area contributed by atoms with Crippen molar-refractivity contribution in [1.82, 2.24) is 4.90 Å². The molecule has 12 heteroatoms. The number of hydrogen-bond acceptors (Lipinski definition) is 9. The van der Waals surface area contributed by atoms with Gasteiger partial charge in [0.15, 0.2) is 11.5 Å². The third kappa shape index (κ3) is 6.40. The van der Waals surface area contributed by atoms with Gasteiger partial charge in [-0.1, -0.05) is 42.5 Å². The Hall–Kier alpha value is -5.00. The molecule has 1 atom stereocenters. The van der Waals surface area contributed by atoms with Crippen molar-refractivity contribution in [1.29, 1.82) is 0 Å². The van der Waals surface area contributed by atoms with Crippen molar-refractivity contribution in [3.05, 3.63) is 104 Å². The molecule has 0 radical (unpaired) electrons. The van der Waals surface area contributed by atoms with Crippen LogP contribution in [0.3, 0.4) is 0 Å². The second-order valence-corrected chi connectivity index (χ2v) is 8.13. The molecule has 198 valence electrons. The number of non-ortho nitro benzene ring substituents is 1. The predicted octanol–water partition coefficient (Wildman–Crippen LogP) is 3.95. The molecule has 0 saturated heterocycles. The van der Waals surface area contributed by atoms with E-state index in [4.69, 9.17) is 14.2 Å². The van der Waals surface area contributed by atoms with E-state index in [0.717, 1.165) is 23.6 Å². The average Bonchev–Trinajstić information content (AvgIpc) is 2.93. The van der Waals surface area contributed by atoms with E-state index in [9.17, 15) is 29.8 Å². The minimum Gasteiger partial charge on any atom is -0.493 e. The standard InChI is InChI=1S/C26H25N3O9/c1-27(22(26(31)37-3)13-17-9-11-19(12-10-17)28(32)33)25(30)20-14-23(36-2)24(15-21(20)29(34)35)38-16-18-7-5-4-6-8-18/h4-12,14-15,22H,13,16H2,1-3H3. The van der Waals surface area contributed by atoms with Crippen LogP contribution in [0, 0.1) is 20.2 Å². The van der Waals surface area contributed by atoms with Crippen LogP contribution in [-0.4, -0.2) is 53.9 Å². The third-order valence-corrected chi connectivity index (χ3v) is 5.78. The van der Waals surface area contributed by atoms with E-state index < -0.39 is 33.5 Å². The van der Waals surface area contributed by atoms with Crippen LogP contribution in [0.1, 0.15) is 21.5 Å². The fourth-order valence-electron chi connectivity index (χ4n) is 3.70. The van der Waals surface area contributed by atoms with E-state index in [1.54, 1.807) is 0 Å². The molecule has 0 aromatic heterocycles. The lowest BCUT2D eigenvalue weighted by Crippen LogP contribution is -2.44. The Labute approximate surface area is 217 Å². The fourth-order valence-corrected chi connectivity index (χ4v) is 3.70. The summed E-state index contributed by atoms with van der Waals surface area (Å²) in [6, 6.07) is 15.7. The maximum absolute atomic E-state index is 13.5. The normalized spacial score (nSPS) is 11.2. The summed E-state index contributed by atoms with van der Waals surface area (Å²) in [4.78, 5) is 48.6. The first-order valence-electron chi connectivity index (χ1n) is 11.3. The van der Waals surface area contributed by atoms with Crippen molar-refractivity contribution >= 4 is 23.3 Å². The molecule has 3 aromatic rings. The number of carbonyl (C=O) groups is 2. The topological polar surface area (TPSA) is 151 Å². The molecule has 0 fully saturated rings. The lowest BCUT2D eigenvalue weighted by Gasteiger charge is -2.26. The molecular formula is C26H25N3O9. The summed E-state index contributed by atoms with van der Waals surface area (Å²) in [5, 5.41) is 22.8. The molecule has 0 bridgehead atoms. The molecule has 3 rings (SSSR count). The fraction of sp³-hybridized carbons (Fsp3) is 0.231. The van der Waals surface area contributed by atoms with E-state index in [1.165, 1.54) is 44.5 Å². The van der Waals surface area contributed by atoms with Gasteiger partial charge in [0.25, 0.3) is 17.3 Å². The number of rotatable bonds is 11. The Balaban J connectivity index is 1.92. The van der Waals surface area contributed by atoms with Gasteiger partial charge >= 0.3 is 5.97 Å². The van der Waals surface area contributed by atoms with Crippen LogP contribution in [0.5, 0.6) is 11.5 Å². The lowest BCUT2D eigenvalue weighted by atomic mass is 10.0. The first-order chi connectivity index (χ1) is 18.2. The largest absolute Gasteiger partial charge is 0.493 e. The van der Waals surface area contributed by atoms with Gasteiger partial charge in [0, 0.05) is 31.7 Å². The molecule has 0 saturated carbocycles. The highest BCUT2D eigenvalue weighted by atomic mass is 16.6. The zero-order chi connectivity index (χ0) is 27.8. The molecule has 0 spiro atoms. The monoisotopic (exact) mass is 523 g/mol. The predicted molar refractivity (Wildman–Crippen MR) is 135 cm³/mol. The second-order valence-electron chi connectivity index (χ2n) is 8.13. The van der Waals surface area contributed by atoms with Crippen LogP contribution >= 0.6 is 0 Å². The van der Waals surface area contributed by atoms with Crippen molar-refractivity contribution in [3.8, 4) is 11.5 Å². The molecule has 38 heavy (non-hydrogen) atoms. The minimum absolute atomic E-state index is 0.0455. The van der Waals surface area contributed by atoms with Gasteiger partial charge in [0.2, 0.25) is 0 Å². The van der Waals surface area contributed by atoms with E-state index in [2.05, 4.69) is 0 Å². The van der Waals surface area contributed by atoms with E-state index in [1.807, 2.05) is 30.3 Å². The molecule has 0 aliphatic rings. The molecule has 12 nitrogen and oxygen atoms in total. The molecular weight excluding hydrogens is 498 g/mol. The minimum atomic E-state index is -1.17. The van der Waals surface area contributed by atoms with E-state index in [-0.39, 0.29) is 35.8 Å². The van der Waals surface area contributed by atoms with Gasteiger partial charge in [0.05, 0.1) is 30.1 Å². The summed E-state index contributed by atoms with van der Waals surface area (Å²) in [7, 11) is 3.79. The van der Waals surface area contributed by atoms with Gasteiger partial charge in [-0.15, -0.1) is 0 Å². The van der Waals surface area contributed by atoms with Crippen LogP contribution in [0.25, 0.3) is 0 Å². The number of carbonyl (C=O) groups excluding carboxylic acids is 2. The molecule has 0 aliphatic heterocycles. The third-order valence-electron chi connectivity index (χ3n) is 5.78. The summed E-state index contributed by atoms with van der Waals surface area (Å²) in [6.07, 6.45) is -0.0455. The Kier molecular flexibility index (Phi) is 8.93. The van der Waals surface area contributed by atoms with Crippen molar-refractivity contribution < 1.29 is 33.6 Å². The number of nitrogens with zero attached hydrogens (tertiary/aromatic N) is 3. The highest BCUT2D eigenvalue weighted by Crippen LogP contribution is 2.36. The van der Waals surface area contributed by atoms with E-state index in [0.29, 0.717) is 5.56 Å². The first-order valence-corrected chi connectivity index (χ1v) is 11.3. The van der Waals surface area contributed by atoms with Gasteiger partial charge in [-0.3, -0.25) is 25.0 Å². The summed E-state index contributed by atoms with van der Waals surface area (Å²) in [5.41, 5.74) is 0.348. The number of methoxy groups -OCH3 is 2. The van der Waals surface area contributed by atoms with Gasteiger partial charge < -0.3 is 19.1 Å². The van der Waals surface area contributed by atoms with Gasteiger partial charge in [-0.2, -0.15) is 0 Å². The van der Waals surface area contributed by atoms with Crippen molar-refractivity contribution in [2.75, 3.05) is 21.3 Å². The smallest absolute Gasteiger partial charge is 0.328 e. The average molecular weight is 523 g/mol. The molecule has 3 aromatic carbocycles. The first kappa shape index (κ1) is 27.6. The van der Waals surface area contributed by atoms with Crippen LogP contribution in [0.15, 0.2) is 66.7 Å². The lowest BCUT2D eigenvalue weighted by molar-refractivity contribution is -0.385. The van der Waals surface area contributed by atoms with Crippen LogP contribution < -0.4 is 9.47 Å². The SMILES string of the molecule is COC(=O)C(Cc1ccc([N+](=O)[O-])cc1)N(C)C(=O)c1cc(OC)c(OCc2ccccc2)cc1[N+](=O)[O-]. The van der Waals surface area contributed by atoms with E-state index >= 15 is 0 Å². The second kappa shape index (κ2) is 12.3. The van der Waals surface area contributed by atoms with Crippen molar-refractivity contribution in [2.45, 2.75) is 19.1 Å². The number of hydrogen-bond donors (Lipinski definition) is 0. The van der Waals surface area contributed by atoms with Gasteiger partial charge in [-0.05, 0) is 11.1 Å². The Morgan fingerprint density at radius 1 is 0.895 bits per heavy atom. The number of amides is 1. The summed E-state index contributed by atoms with van der Waals surface area (Å²) in [6.45, 7) is 0.112. The number of benzene rings is 3. The molecule has 1 unspecified atom stereocenters. The molecule has 0 aliphatic carbocycles. The molecule has 1 amide bonds. The Bertz CT molecular complexity index is 1330. The Morgan fingerprint density at radius 3 is 2.11 bits per heavy atom. The molecule has 0 heterocycles. The summed E-state index contributed by atoms with van der Waals surface area (Å²) >= 11 is 0.